The Morgan fingerprint density at radius 2 is 1.67 bits per heavy atom. The molecule has 0 aliphatic heterocycles. The lowest BCUT2D eigenvalue weighted by molar-refractivity contribution is -0.122. The summed E-state index contributed by atoms with van der Waals surface area (Å²) < 4.78 is 0. The topological polar surface area (TPSA) is 58.2 Å². The van der Waals surface area contributed by atoms with Crippen molar-refractivity contribution in [3.8, 4) is 0 Å². The summed E-state index contributed by atoms with van der Waals surface area (Å²) in [6.07, 6.45) is 8.45. The first kappa shape index (κ1) is 20.5. The summed E-state index contributed by atoms with van der Waals surface area (Å²) in [6, 6.07) is 6.21. The van der Waals surface area contributed by atoms with Crippen LogP contribution >= 0.6 is 11.6 Å². The Morgan fingerprint density at radius 1 is 1.04 bits per heavy atom. The smallest absolute Gasteiger partial charge is 0.253 e. The van der Waals surface area contributed by atoms with Gasteiger partial charge in [0.15, 0.2) is 0 Å². The van der Waals surface area contributed by atoms with Crippen molar-refractivity contribution in [1.29, 1.82) is 0 Å². The number of nitrogens with one attached hydrogen (secondary N) is 2. The van der Waals surface area contributed by atoms with Gasteiger partial charge in [0, 0.05) is 6.54 Å². The number of carbonyl (C=O) groups excluding carboxylic acids is 2. The fraction of sp³-hybridized carbons (Fsp3) is 0.579. The molecular weight excluding hydrogens is 324 g/mol. The van der Waals surface area contributed by atoms with E-state index >= 15 is 0 Å². The average Bonchev–Trinajstić information content (AvgIpc) is 2.57. The SMILES string of the molecule is CCCCCCCCCNC(=O)C(C)NC(=O)c1ccccc1Cl. The predicted octanol–water partition coefficient (Wildman–Crippen LogP) is 4.33. The van der Waals surface area contributed by atoms with E-state index < -0.39 is 6.04 Å². The molecule has 4 nitrogen and oxygen atoms in total. The summed E-state index contributed by atoms with van der Waals surface area (Å²) in [5.41, 5.74) is 0.380. The molecule has 0 aliphatic carbocycles. The van der Waals surface area contributed by atoms with Crippen LogP contribution in [0.25, 0.3) is 0 Å². The lowest BCUT2D eigenvalue weighted by atomic mass is 10.1. The van der Waals surface area contributed by atoms with E-state index in [4.69, 9.17) is 11.6 Å². The molecule has 0 saturated carbocycles. The van der Waals surface area contributed by atoms with E-state index in [9.17, 15) is 9.59 Å². The van der Waals surface area contributed by atoms with Gasteiger partial charge in [0.1, 0.15) is 6.04 Å². The molecule has 2 amide bonds. The third kappa shape index (κ3) is 7.82. The van der Waals surface area contributed by atoms with E-state index in [-0.39, 0.29) is 11.8 Å². The Morgan fingerprint density at radius 3 is 2.33 bits per heavy atom. The van der Waals surface area contributed by atoms with E-state index in [0.717, 1.165) is 12.8 Å². The second-order valence-corrected chi connectivity index (χ2v) is 6.49. The average molecular weight is 353 g/mol. The van der Waals surface area contributed by atoms with Gasteiger partial charge in [-0.05, 0) is 25.5 Å². The molecule has 1 rings (SSSR count). The zero-order chi connectivity index (χ0) is 17.8. The van der Waals surface area contributed by atoms with Crippen LogP contribution in [0.15, 0.2) is 24.3 Å². The Balaban J connectivity index is 2.21. The Hall–Kier alpha value is -1.55. The van der Waals surface area contributed by atoms with E-state index in [1.165, 1.54) is 32.1 Å². The molecule has 0 saturated heterocycles. The molecule has 24 heavy (non-hydrogen) atoms. The predicted molar refractivity (Wildman–Crippen MR) is 99.4 cm³/mol. The number of hydrogen-bond acceptors (Lipinski definition) is 2. The molecule has 0 aliphatic rings. The molecule has 0 heterocycles. The highest BCUT2D eigenvalue weighted by Crippen LogP contribution is 2.14. The van der Waals surface area contributed by atoms with Gasteiger partial charge < -0.3 is 10.6 Å². The van der Waals surface area contributed by atoms with Crippen LogP contribution in [-0.4, -0.2) is 24.4 Å². The summed E-state index contributed by atoms with van der Waals surface area (Å²) in [4.78, 5) is 24.1. The standard InChI is InChI=1S/C19H29ClN2O2/c1-3-4-5-6-7-8-11-14-21-18(23)15(2)22-19(24)16-12-9-10-13-17(16)20/h9-10,12-13,15H,3-8,11,14H2,1-2H3,(H,21,23)(H,22,24). The highest BCUT2D eigenvalue weighted by atomic mass is 35.5. The van der Waals surface area contributed by atoms with Gasteiger partial charge in [-0.3, -0.25) is 9.59 Å². The number of amides is 2. The summed E-state index contributed by atoms with van der Waals surface area (Å²) in [6.45, 7) is 4.54. The van der Waals surface area contributed by atoms with Crippen LogP contribution in [0.2, 0.25) is 5.02 Å². The zero-order valence-corrected chi connectivity index (χ0v) is 15.5. The van der Waals surface area contributed by atoms with Gasteiger partial charge in [-0.15, -0.1) is 0 Å². The Kier molecular flexibility index (Phi) is 10.2. The molecule has 0 aromatic heterocycles. The van der Waals surface area contributed by atoms with Gasteiger partial charge in [-0.25, -0.2) is 0 Å². The van der Waals surface area contributed by atoms with Gasteiger partial charge in [0.2, 0.25) is 5.91 Å². The highest BCUT2D eigenvalue weighted by Gasteiger charge is 2.17. The van der Waals surface area contributed by atoms with Gasteiger partial charge in [0.25, 0.3) is 5.91 Å². The third-order valence-electron chi connectivity index (χ3n) is 3.94. The fourth-order valence-corrected chi connectivity index (χ4v) is 2.65. The van der Waals surface area contributed by atoms with Crippen molar-refractivity contribution in [2.75, 3.05) is 6.54 Å². The molecule has 5 heteroatoms. The maximum Gasteiger partial charge on any atom is 0.253 e. The highest BCUT2D eigenvalue weighted by molar-refractivity contribution is 6.33. The molecule has 1 unspecified atom stereocenters. The van der Waals surface area contributed by atoms with Crippen molar-refractivity contribution in [3.05, 3.63) is 34.9 Å². The summed E-state index contributed by atoms with van der Waals surface area (Å²) in [7, 11) is 0. The molecule has 134 valence electrons. The first-order chi connectivity index (χ1) is 11.6. The van der Waals surface area contributed by atoms with Gasteiger partial charge in [-0.2, -0.15) is 0 Å². The van der Waals surface area contributed by atoms with Crippen molar-refractivity contribution in [3.63, 3.8) is 0 Å². The third-order valence-corrected chi connectivity index (χ3v) is 4.27. The Bertz CT molecular complexity index is 520. The minimum atomic E-state index is -0.585. The van der Waals surface area contributed by atoms with Crippen molar-refractivity contribution < 1.29 is 9.59 Å². The lowest BCUT2D eigenvalue weighted by Crippen LogP contribution is -2.45. The molecule has 1 aromatic rings. The molecule has 0 spiro atoms. The number of hydrogen-bond donors (Lipinski definition) is 2. The van der Waals surface area contributed by atoms with Crippen LogP contribution < -0.4 is 10.6 Å². The summed E-state index contributed by atoms with van der Waals surface area (Å²) in [5.74, 6) is -0.499. The molecule has 0 fully saturated rings. The first-order valence-electron chi connectivity index (χ1n) is 8.89. The molecule has 0 radical (unpaired) electrons. The number of benzene rings is 1. The minimum Gasteiger partial charge on any atom is -0.354 e. The largest absolute Gasteiger partial charge is 0.354 e. The fourth-order valence-electron chi connectivity index (χ4n) is 2.43. The number of unbranched alkanes of at least 4 members (excludes halogenated alkanes) is 6. The van der Waals surface area contributed by atoms with Crippen LogP contribution in [0.4, 0.5) is 0 Å². The minimum absolute atomic E-state index is 0.165. The van der Waals surface area contributed by atoms with E-state index in [1.807, 2.05) is 0 Å². The first-order valence-corrected chi connectivity index (χ1v) is 9.27. The zero-order valence-electron chi connectivity index (χ0n) is 14.7. The maximum absolute atomic E-state index is 12.1. The van der Waals surface area contributed by atoms with Crippen molar-refractivity contribution >= 4 is 23.4 Å². The second kappa shape index (κ2) is 11.9. The normalized spacial score (nSPS) is 11.8. The van der Waals surface area contributed by atoms with Gasteiger partial charge in [0.05, 0.1) is 10.6 Å². The van der Waals surface area contributed by atoms with Gasteiger partial charge >= 0.3 is 0 Å². The molecule has 1 atom stereocenters. The molecule has 0 bridgehead atoms. The van der Waals surface area contributed by atoms with Gasteiger partial charge in [-0.1, -0.05) is 69.2 Å². The van der Waals surface area contributed by atoms with Crippen LogP contribution in [0.3, 0.4) is 0 Å². The molecule has 1 aromatic carbocycles. The number of rotatable bonds is 11. The molecular formula is C19H29ClN2O2. The van der Waals surface area contributed by atoms with Crippen LogP contribution in [0, 0.1) is 0 Å². The molecule has 2 N–H and O–H groups in total. The van der Waals surface area contributed by atoms with Crippen LogP contribution in [0.5, 0.6) is 0 Å². The van der Waals surface area contributed by atoms with Crippen molar-refractivity contribution in [2.24, 2.45) is 0 Å². The number of carbonyl (C=O) groups is 2. The number of halogens is 1. The van der Waals surface area contributed by atoms with Crippen LogP contribution in [-0.2, 0) is 4.79 Å². The lowest BCUT2D eigenvalue weighted by Gasteiger charge is -2.14. The van der Waals surface area contributed by atoms with E-state index in [1.54, 1.807) is 31.2 Å². The quantitative estimate of drug-likeness (QED) is 0.582. The van der Waals surface area contributed by atoms with Crippen molar-refractivity contribution in [2.45, 2.75) is 64.8 Å². The van der Waals surface area contributed by atoms with Crippen LogP contribution in [0.1, 0.15) is 69.2 Å². The van der Waals surface area contributed by atoms with E-state index in [2.05, 4.69) is 17.6 Å². The maximum atomic E-state index is 12.1. The summed E-state index contributed by atoms with van der Waals surface area (Å²) >= 11 is 5.98. The van der Waals surface area contributed by atoms with E-state index in [0.29, 0.717) is 17.1 Å². The Labute approximate surface area is 150 Å². The second-order valence-electron chi connectivity index (χ2n) is 6.09. The monoisotopic (exact) mass is 352 g/mol. The van der Waals surface area contributed by atoms with Crippen molar-refractivity contribution in [1.82, 2.24) is 10.6 Å². The summed E-state index contributed by atoms with van der Waals surface area (Å²) in [5, 5.41) is 5.93.